The van der Waals surface area contributed by atoms with Gasteiger partial charge in [0.15, 0.2) is 0 Å². The molecule has 17 heavy (non-hydrogen) atoms. The summed E-state index contributed by atoms with van der Waals surface area (Å²) in [6.45, 7) is 10.7. The van der Waals surface area contributed by atoms with Crippen molar-refractivity contribution in [2.45, 2.75) is 76.8 Å². The Labute approximate surface area is 113 Å². The van der Waals surface area contributed by atoms with Crippen LogP contribution in [-0.2, 0) is 0 Å². The van der Waals surface area contributed by atoms with Crippen LogP contribution in [0.2, 0.25) is 19.6 Å². The largest absolute Gasteiger partial charge is 0.293 e. The third-order valence-electron chi connectivity index (χ3n) is 3.09. The molecule has 0 amide bonds. The summed E-state index contributed by atoms with van der Waals surface area (Å²) in [6, 6.07) is 0. The molecule has 0 aromatic heterocycles. The number of hydrogen-bond acceptors (Lipinski definition) is 2. The van der Waals surface area contributed by atoms with Gasteiger partial charge in [-0.05, 0) is 25.7 Å². The summed E-state index contributed by atoms with van der Waals surface area (Å²) in [5.41, 5.74) is 1.54. The van der Waals surface area contributed by atoms with E-state index in [4.69, 9.17) is 4.99 Å². The summed E-state index contributed by atoms with van der Waals surface area (Å²) in [5.74, 6) is 0. The molecule has 0 radical (unpaired) electrons. The Bertz CT molecular complexity index is 245. The predicted octanol–water partition coefficient (Wildman–Crippen LogP) is 5.13. The molecule has 1 nitrogen and oxygen atoms in total. The van der Waals surface area contributed by atoms with Crippen LogP contribution in [0.25, 0.3) is 0 Å². The van der Waals surface area contributed by atoms with Crippen molar-refractivity contribution in [2.24, 2.45) is 4.99 Å². The van der Waals surface area contributed by atoms with Gasteiger partial charge in [0.05, 0.1) is 0 Å². The lowest BCUT2D eigenvalue weighted by Gasteiger charge is -2.21. The van der Waals surface area contributed by atoms with Gasteiger partial charge < -0.3 is 0 Å². The zero-order valence-electron chi connectivity index (χ0n) is 12.1. The second kappa shape index (κ2) is 7.62. The molecule has 1 unspecified atom stereocenters. The normalized spacial score (nSPS) is 23.5. The Morgan fingerprint density at radius 1 is 1.24 bits per heavy atom. The molecule has 3 heteroatoms. The van der Waals surface area contributed by atoms with Gasteiger partial charge in [0.1, 0.15) is 7.22 Å². The molecule has 1 aliphatic rings. The summed E-state index contributed by atoms with van der Waals surface area (Å²) in [7, 11) is -0.988. The van der Waals surface area contributed by atoms with E-state index in [9.17, 15) is 0 Å². The molecule has 1 fully saturated rings. The molecule has 0 spiro atoms. The highest BCUT2D eigenvalue weighted by Crippen LogP contribution is 2.34. The van der Waals surface area contributed by atoms with Crippen molar-refractivity contribution >= 4 is 24.1 Å². The average molecular weight is 272 g/mol. The second-order valence-corrected chi connectivity index (χ2v) is 15.5. The van der Waals surface area contributed by atoms with Crippen LogP contribution in [0.4, 0.5) is 0 Å². The number of rotatable bonds is 7. The molecule has 0 aromatic carbocycles. The molecule has 0 saturated heterocycles. The lowest BCUT2D eigenvalue weighted by atomic mass is 10.2. The van der Waals surface area contributed by atoms with Crippen LogP contribution in [-0.4, -0.2) is 24.7 Å². The minimum absolute atomic E-state index is 0.771. The van der Waals surface area contributed by atoms with Crippen LogP contribution in [0.15, 0.2) is 4.99 Å². The van der Waals surface area contributed by atoms with Crippen molar-refractivity contribution in [1.82, 2.24) is 0 Å². The van der Waals surface area contributed by atoms with E-state index in [-0.39, 0.29) is 0 Å². The van der Waals surface area contributed by atoms with Gasteiger partial charge in [0.2, 0.25) is 0 Å². The molecule has 0 N–H and O–H groups in total. The van der Waals surface area contributed by atoms with E-state index in [1.54, 1.807) is 0 Å². The van der Waals surface area contributed by atoms with E-state index in [0.717, 1.165) is 11.8 Å². The fourth-order valence-corrected chi connectivity index (χ4v) is 7.08. The topological polar surface area (TPSA) is 12.4 Å². The van der Waals surface area contributed by atoms with Gasteiger partial charge in [-0.15, -0.1) is 0 Å². The zero-order chi connectivity index (χ0) is 12.7. The van der Waals surface area contributed by atoms with Crippen LogP contribution in [0.1, 0.15) is 51.9 Å². The van der Waals surface area contributed by atoms with Gasteiger partial charge in [0, 0.05) is 17.5 Å². The molecule has 1 atom stereocenters. The highest BCUT2D eigenvalue weighted by molar-refractivity contribution is 8.29. The van der Waals surface area contributed by atoms with Crippen LogP contribution in [0, 0.1) is 0 Å². The Kier molecular flexibility index (Phi) is 6.86. The van der Waals surface area contributed by atoms with Crippen molar-refractivity contribution in [3.8, 4) is 0 Å². The van der Waals surface area contributed by atoms with E-state index in [1.165, 1.54) is 50.7 Å². The summed E-state index contributed by atoms with van der Waals surface area (Å²) < 4.78 is 0. The van der Waals surface area contributed by atoms with Gasteiger partial charge in [-0.1, -0.05) is 45.8 Å². The third-order valence-corrected chi connectivity index (χ3v) is 7.57. The Morgan fingerprint density at radius 3 is 2.65 bits per heavy atom. The smallest absolute Gasteiger partial charge is 0.109 e. The summed E-state index contributed by atoms with van der Waals surface area (Å²) in [5, 5.41) is 0.771. The van der Waals surface area contributed by atoms with E-state index in [2.05, 4.69) is 37.8 Å². The molecule has 1 aliphatic carbocycles. The standard InChI is InChI=1S/C14H29NSSi/c1-5-6-7-8-12-15-13-10-9-11-14(13)16-17(2,3)4/h14H,5-12H2,1-4H3. The third kappa shape index (κ3) is 6.66. The summed E-state index contributed by atoms with van der Waals surface area (Å²) in [6.07, 6.45) is 9.37. The SMILES string of the molecule is CCCCCCN=C1CCCC1S[Si](C)(C)C. The average Bonchev–Trinajstić information content (AvgIpc) is 2.63. The molecule has 0 heterocycles. The maximum atomic E-state index is 4.88. The molecule has 0 aliphatic heterocycles. The lowest BCUT2D eigenvalue weighted by Crippen LogP contribution is -2.23. The summed E-state index contributed by atoms with van der Waals surface area (Å²) in [4.78, 5) is 4.88. The number of unbranched alkanes of at least 4 members (excludes halogenated alkanes) is 3. The van der Waals surface area contributed by atoms with E-state index in [0.29, 0.717) is 0 Å². The first-order chi connectivity index (χ1) is 8.03. The fraction of sp³-hybridized carbons (Fsp3) is 0.929. The van der Waals surface area contributed by atoms with Crippen molar-refractivity contribution in [3.05, 3.63) is 0 Å². The fourth-order valence-electron chi connectivity index (χ4n) is 2.29. The quantitative estimate of drug-likeness (QED) is 0.462. The van der Waals surface area contributed by atoms with Crippen molar-refractivity contribution in [3.63, 3.8) is 0 Å². The van der Waals surface area contributed by atoms with E-state index in [1.807, 2.05) is 0 Å². The molecule has 1 rings (SSSR count). The van der Waals surface area contributed by atoms with Crippen LogP contribution < -0.4 is 0 Å². The van der Waals surface area contributed by atoms with Crippen LogP contribution >= 0.6 is 11.2 Å². The maximum absolute atomic E-state index is 4.88. The number of nitrogens with zero attached hydrogens (tertiary/aromatic N) is 1. The Morgan fingerprint density at radius 2 is 2.00 bits per heavy atom. The first-order valence-corrected chi connectivity index (χ1v) is 12.3. The minimum atomic E-state index is -0.988. The molecule has 1 saturated carbocycles. The van der Waals surface area contributed by atoms with Gasteiger partial charge in [-0.25, -0.2) is 0 Å². The summed E-state index contributed by atoms with van der Waals surface area (Å²) >= 11 is 2.25. The van der Waals surface area contributed by atoms with Gasteiger partial charge >= 0.3 is 0 Å². The predicted molar refractivity (Wildman–Crippen MR) is 85.0 cm³/mol. The van der Waals surface area contributed by atoms with Gasteiger partial charge in [-0.3, -0.25) is 4.99 Å². The van der Waals surface area contributed by atoms with E-state index < -0.39 is 7.22 Å². The van der Waals surface area contributed by atoms with Crippen molar-refractivity contribution in [1.29, 1.82) is 0 Å². The van der Waals surface area contributed by atoms with Crippen molar-refractivity contribution < 1.29 is 0 Å². The number of aliphatic imine (C=N–C) groups is 1. The van der Waals surface area contributed by atoms with Gasteiger partial charge in [0.25, 0.3) is 0 Å². The van der Waals surface area contributed by atoms with Crippen LogP contribution in [0.5, 0.6) is 0 Å². The number of hydrogen-bond donors (Lipinski definition) is 0. The highest BCUT2D eigenvalue weighted by atomic mass is 32.4. The highest BCUT2D eigenvalue weighted by Gasteiger charge is 2.28. The molecular formula is C14H29NSSi. The Hall–Kier alpha value is 0.237. The first kappa shape index (κ1) is 15.3. The Balaban J connectivity index is 2.32. The zero-order valence-corrected chi connectivity index (χ0v) is 13.9. The van der Waals surface area contributed by atoms with Crippen LogP contribution in [0.3, 0.4) is 0 Å². The monoisotopic (exact) mass is 271 g/mol. The van der Waals surface area contributed by atoms with Gasteiger partial charge in [-0.2, -0.15) is 11.2 Å². The van der Waals surface area contributed by atoms with Crippen molar-refractivity contribution in [2.75, 3.05) is 6.54 Å². The molecule has 100 valence electrons. The molecule has 0 bridgehead atoms. The second-order valence-electron chi connectivity index (χ2n) is 6.04. The maximum Gasteiger partial charge on any atom is 0.109 e. The lowest BCUT2D eigenvalue weighted by molar-refractivity contribution is 0.674. The first-order valence-electron chi connectivity index (χ1n) is 7.24. The minimum Gasteiger partial charge on any atom is -0.293 e. The van der Waals surface area contributed by atoms with E-state index >= 15 is 0 Å². The molecule has 0 aromatic rings. The molecular weight excluding hydrogens is 242 g/mol.